The number of thioether (sulfide) groups is 2. The van der Waals surface area contributed by atoms with Gasteiger partial charge in [0.2, 0.25) is 5.91 Å². The highest BCUT2D eigenvalue weighted by atomic mass is 35.5. The molecule has 1 aliphatic rings. The average molecular weight is 382 g/mol. The van der Waals surface area contributed by atoms with Crippen molar-refractivity contribution >= 4 is 46.7 Å². The van der Waals surface area contributed by atoms with E-state index in [0.717, 1.165) is 22.8 Å². The largest absolute Gasteiger partial charge is 0.325 e. The van der Waals surface area contributed by atoms with Crippen LogP contribution in [0.25, 0.3) is 0 Å². The third-order valence-corrected chi connectivity index (χ3v) is 5.82. The minimum absolute atomic E-state index is 0.00255. The van der Waals surface area contributed by atoms with Crippen molar-refractivity contribution < 1.29 is 4.79 Å². The summed E-state index contributed by atoms with van der Waals surface area (Å²) in [6, 6.07) is 7.00. The lowest BCUT2D eigenvalue weighted by molar-refractivity contribution is -0.113. The molecular formula is C16H16ClN3O2S2. The van der Waals surface area contributed by atoms with Crippen LogP contribution >= 0.6 is 35.1 Å². The molecule has 2 aromatic rings. The number of hydrogen-bond donors (Lipinski definition) is 1. The molecule has 126 valence electrons. The summed E-state index contributed by atoms with van der Waals surface area (Å²) in [5.41, 5.74) is 1.51. The van der Waals surface area contributed by atoms with Crippen LogP contribution in [0.2, 0.25) is 5.02 Å². The molecule has 8 heteroatoms. The van der Waals surface area contributed by atoms with Gasteiger partial charge in [0, 0.05) is 29.4 Å². The highest BCUT2D eigenvalue weighted by molar-refractivity contribution is 8.00. The first-order chi connectivity index (χ1) is 11.6. The number of amides is 1. The van der Waals surface area contributed by atoms with Crippen LogP contribution in [0, 0.1) is 0 Å². The summed E-state index contributed by atoms with van der Waals surface area (Å²) in [5, 5.41) is 3.96. The number of nitrogens with one attached hydrogen (secondary N) is 1. The fraction of sp³-hybridized carbons (Fsp3) is 0.312. The van der Waals surface area contributed by atoms with Crippen LogP contribution in [-0.2, 0) is 17.8 Å². The molecule has 5 nitrogen and oxygen atoms in total. The Hall–Kier alpha value is -1.44. The Bertz CT molecular complexity index is 839. The molecule has 0 bridgehead atoms. The van der Waals surface area contributed by atoms with Crippen LogP contribution in [0.5, 0.6) is 0 Å². The Labute approximate surface area is 153 Å². The van der Waals surface area contributed by atoms with Gasteiger partial charge >= 0.3 is 0 Å². The topological polar surface area (TPSA) is 64.0 Å². The summed E-state index contributed by atoms with van der Waals surface area (Å²) < 4.78 is 1.63. The lowest BCUT2D eigenvalue weighted by Crippen LogP contribution is -2.25. The van der Waals surface area contributed by atoms with E-state index in [1.165, 1.54) is 11.8 Å². The number of hydrogen-bond acceptors (Lipinski definition) is 5. The zero-order valence-corrected chi connectivity index (χ0v) is 15.4. The van der Waals surface area contributed by atoms with E-state index in [0.29, 0.717) is 22.4 Å². The van der Waals surface area contributed by atoms with E-state index < -0.39 is 0 Å². The Balaban J connectivity index is 1.71. The molecule has 3 rings (SSSR count). The van der Waals surface area contributed by atoms with Crippen molar-refractivity contribution in [3.05, 3.63) is 45.3 Å². The number of benzene rings is 1. The molecule has 1 N–H and O–H groups in total. The minimum atomic E-state index is -0.158. The van der Waals surface area contributed by atoms with Gasteiger partial charge in [0.1, 0.15) is 0 Å². The third-order valence-electron chi connectivity index (χ3n) is 3.51. The van der Waals surface area contributed by atoms with Gasteiger partial charge in [-0.3, -0.25) is 14.2 Å². The molecule has 1 amide bonds. The molecule has 0 fully saturated rings. The number of nitrogens with zero attached hydrogens (tertiary/aromatic N) is 2. The van der Waals surface area contributed by atoms with Gasteiger partial charge < -0.3 is 5.32 Å². The van der Waals surface area contributed by atoms with E-state index in [1.54, 1.807) is 40.6 Å². The number of aryl methyl sites for hydroxylation is 1. The van der Waals surface area contributed by atoms with Gasteiger partial charge in [-0.2, -0.15) is 0 Å². The molecule has 24 heavy (non-hydrogen) atoms. The van der Waals surface area contributed by atoms with Gasteiger partial charge in [-0.1, -0.05) is 29.4 Å². The molecule has 0 saturated heterocycles. The summed E-state index contributed by atoms with van der Waals surface area (Å²) in [5.74, 6) is 0.921. The maximum Gasteiger partial charge on any atom is 0.268 e. The molecule has 0 spiro atoms. The van der Waals surface area contributed by atoms with E-state index in [-0.39, 0.29) is 17.2 Å². The number of aromatic nitrogens is 2. The van der Waals surface area contributed by atoms with Crippen molar-refractivity contribution in [3.63, 3.8) is 0 Å². The molecule has 0 radical (unpaired) electrons. The Morgan fingerprint density at radius 2 is 2.33 bits per heavy atom. The first-order valence-electron chi connectivity index (χ1n) is 7.53. The Morgan fingerprint density at radius 3 is 3.08 bits per heavy atom. The van der Waals surface area contributed by atoms with Crippen molar-refractivity contribution in [2.75, 3.05) is 16.8 Å². The van der Waals surface area contributed by atoms with Gasteiger partial charge in [-0.05, 0) is 25.1 Å². The smallest absolute Gasteiger partial charge is 0.268 e. The molecule has 0 unspecified atom stereocenters. The van der Waals surface area contributed by atoms with Crippen molar-refractivity contribution in [2.24, 2.45) is 0 Å². The van der Waals surface area contributed by atoms with E-state index in [2.05, 4.69) is 10.3 Å². The maximum atomic E-state index is 12.5. The fourth-order valence-corrected chi connectivity index (χ4v) is 4.52. The second kappa shape index (κ2) is 7.63. The number of fused-ring (bicyclic) bond motifs is 1. The van der Waals surface area contributed by atoms with Gasteiger partial charge in [-0.15, -0.1) is 11.8 Å². The monoisotopic (exact) mass is 381 g/mol. The first-order valence-corrected chi connectivity index (χ1v) is 9.88. The second-order valence-electron chi connectivity index (χ2n) is 5.17. The number of carbonyl (C=O) groups is 1. The summed E-state index contributed by atoms with van der Waals surface area (Å²) in [6.45, 7) is 2.45. The minimum Gasteiger partial charge on any atom is -0.325 e. The molecular weight excluding hydrogens is 366 g/mol. The van der Waals surface area contributed by atoms with Gasteiger partial charge in [0.15, 0.2) is 5.16 Å². The predicted octanol–water partition coefficient (Wildman–Crippen LogP) is 3.30. The first kappa shape index (κ1) is 17.4. The summed E-state index contributed by atoms with van der Waals surface area (Å²) in [7, 11) is 0. The quantitative estimate of drug-likeness (QED) is 0.636. The van der Waals surface area contributed by atoms with E-state index in [4.69, 9.17) is 11.6 Å². The summed E-state index contributed by atoms with van der Waals surface area (Å²) in [6.07, 6.45) is 0.808. The second-order valence-corrected chi connectivity index (χ2v) is 7.65. The normalized spacial score (nSPS) is 12.9. The lowest BCUT2D eigenvalue weighted by atomic mass is 10.3. The van der Waals surface area contributed by atoms with Crippen molar-refractivity contribution in [3.8, 4) is 0 Å². The van der Waals surface area contributed by atoms with Crippen molar-refractivity contribution in [2.45, 2.75) is 29.9 Å². The van der Waals surface area contributed by atoms with Crippen LogP contribution in [0.3, 0.4) is 0 Å². The molecule has 1 aliphatic heterocycles. The van der Waals surface area contributed by atoms with Crippen LogP contribution < -0.4 is 10.9 Å². The van der Waals surface area contributed by atoms with Crippen LogP contribution in [-0.4, -0.2) is 27.0 Å². The fourth-order valence-electron chi connectivity index (χ4n) is 2.41. The number of rotatable bonds is 5. The van der Waals surface area contributed by atoms with Gasteiger partial charge in [0.05, 0.1) is 16.3 Å². The van der Waals surface area contributed by atoms with E-state index >= 15 is 0 Å². The van der Waals surface area contributed by atoms with Crippen LogP contribution in [0.1, 0.15) is 12.6 Å². The Morgan fingerprint density at radius 1 is 1.50 bits per heavy atom. The zero-order valence-electron chi connectivity index (χ0n) is 13.0. The van der Waals surface area contributed by atoms with Gasteiger partial charge in [0.25, 0.3) is 5.56 Å². The standard InChI is InChI=1S/C16H16ClN3O2S2/c1-2-20-15(22)14-12(6-7-23-14)19-16(20)24-9-13(21)18-11-5-3-4-10(17)8-11/h3-5,8H,2,6-7,9H2,1H3,(H,18,21). The van der Waals surface area contributed by atoms with E-state index in [1.807, 2.05) is 6.92 Å². The van der Waals surface area contributed by atoms with E-state index in [9.17, 15) is 9.59 Å². The highest BCUT2D eigenvalue weighted by Crippen LogP contribution is 2.28. The third kappa shape index (κ3) is 3.79. The highest BCUT2D eigenvalue weighted by Gasteiger charge is 2.21. The predicted molar refractivity (Wildman–Crippen MR) is 99.4 cm³/mol. The molecule has 0 aliphatic carbocycles. The van der Waals surface area contributed by atoms with Crippen molar-refractivity contribution in [1.29, 1.82) is 0 Å². The molecule has 2 heterocycles. The lowest BCUT2D eigenvalue weighted by Gasteiger charge is -2.11. The number of carbonyl (C=O) groups excluding carboxylic acids is 1. The average Bonchev–Trinajstić information content (AvgIpc) is 3.02. The summed E-state index contributed by atoms with van der Waals surface area (Å²) in [4.78, 5) is 29.9. The van der Waals surface area contributed by atoms with Gasteiger partial charge in [-0.25, -0.2) is 4.98 Å². The summed E-state index contributed by atoms with van der Waals surface area (Å²) >= 11 is 8.75. The maximum absolute atomic E-state index is 12.5. The molecule has 0 saturated carbocycles. The van der Waals surface area contributed by atoms with Crippen LogP contribution in [0.4, 0.5) is 5.69 Å². The Kier molecular flexibility index (Phi) is 5.53. The SMILES string of the molecule is CCn1c(SCC(=O)Nc2cccc(Cl)c2)nc2c(c1=O)SCC2. The van der Waals surface area contributed by atoms with Crippen molar-refractivity contribution in [1.82, 2.24) is 9.55 Å². The molecule has 1 aromatic heterocycles. The van der Waals surface area contributed by atoms with Crippen LogP contribution in [0.15, 0.2) is 39.1 Å². The number of halogens is 1. The molecule has 1 aromatic carbocycles. The zero-order chi connectivity index (χ0) is 17.1. The molecule has 0 atom stereocenters. The number of anilines is 1.